The number of amides is 2. The van der Waals surface area contributed by atoms with Crippen LogP contribution in [0, 0.1) is 5.82 Å². The summed E-state index contributed by atoms with van der Waals surface area (Å²) < 4.78 is 13.3. The van der Waals surface area contributed by atoms with Gasteiger partial charge in [0.1, 0.15) is 5.82 Å². The summed E-state index contributed by atoms with van der Waals surface area (Å²) in [7, 11) is 0. The lowest BCUT2D eigenvalue weighted by Crippen LogP contribution is -2.31. The molecule has 1 aromatic carbocycles. The first-order valence-corrected chi connectivity index (χ1v) is 6.50. The van der Waals surface area contributed by atoms with Gasteiger partial charge in [0.05, 0.1) is 11.8 Å². The van der Waals surface area contributed by atoms with Crippen molar-refractivity contribution < 1.29 is 14.3 Å². The molecule has 0 bridgehead atoms. The van der Waals surface area contributed by atoms with Gasteiger partial charge in [0.25, 0.3) is 0 Å². The minimum absolute atomic E-state index is 0.376. The molecular formula is C12H16BrFN2O2. The molecule has 100 valence electrons. The molecule has 0 aliphatic heterocycles. The number of anilines is 1. The predicted octanol–water partition coefficient (Wildman–Crippen LogP) is 2.87. The molecule has 0 fully saturated rings. The molecule has 0 radical (unpaired) electrons. The van der Waals surface area contributed by atoms with E-state index in [0.29, 0.717) is 29.5 Å². The van der Waals surface area contributed by atoms with Crippen molar-refractivity contribution in [2.24, 2.45) is 0 Å². The van der Waals surface area contributed by atoms with E-state index in [0.717, 1.165) is 0 Å². The number of aliphatic hydroxyl groups is 1. The number of rotatable bonds is 5. The molecule has 6 heteroatoms. The standard InChI is InChI=1S/C12H16BrFN2O2/c1-2-9(17)5-6-15-12(18)16-11-4-3-8(14)7-10(11)13/h3-4,7,9,17H,2,5-6H2,1H3,(H2,15,16,18). The van der Waals surface area contributed by atoms with Crippen LogP contribution in [0.3, 0.4) is 0 Å². The first-order valence-electron chi connectivity index (χ1n) is 5.71. The maximum atomic E-state index is 12.8. The second-order valence-electron chi connectivity index (χ2n) is 3.86. The molecule has 0 spiro atoms. The van der Waals surface area contributed by atoms with Gasteiger partial charge >= 0.3 is 6.03 Å². The molecule has 1 rings (SSSR count). The van der Waals surface area contributed by atoms with E-state index in [1.807, 2.05) is 6.92 Å². The van der Waals surface area contributed by atoms with Crippen LogP contribution in [0.25, 0.3) is 0 Å². The number of aliphatic hydroxyl groups excluding tert-OH is 1. The van der Waals surface area contributed by atoms with Crippen LogP contribution >= 0.6 is 15.9 Å². The summed E-state index contributed by atoms with van der Waals surface area (Å²) in [5, 5.41) is 14.5. The molecule has 1 atom stereocenters. The number of urea groups is 1. The van der Waals surface area contributed by atoms with Crippen molar-refractivity contribution in [2.45, 2.75) is 25.9 Å². The van der Waals surface area contributed by atoms with Gasteiger partial charge in [0.15, 0.2) is 0 Å². The minimum Gasteiger partial charge on any atom is -0.393 e. The van der Waals surface area contributed by atoms with Crippen molar-refractivity contribution in [3.63, 3.8) is 0 Å². The number of benzene rings is 1. The van der Waals surface area contributed by atoms with Crippen LogP contribution in [-0.2, 0) is 0 Å². The van der Waals surface area contributed by atoms with Crippen molar-refractivity contribution in [2.75, 3.05) is 11.9 Å². The van der Waals surface area contributed by atoms with Gasteiger partial charge in [-0.15, -0.1) is 0 Å². The van der Waals surface area contributed by atoms with E-state index < -0.39 is 6.10 Å². The molecule has 4 nitrogen and oxygen atoms in total. The third-order valence-electron chi connectivity index (χ3n) is 2.41. The van der Waals surface area contributed by atoms with Gasteiger partial charge < -0.3 is 15.7 Å². The molecule has 3 N–H and O–H groups in total. The van der Waals surface area contributed by atoms with Crippen molar-refractivity contribution in [3.05, 3.63) is 28.5 Å². The quantitative estimate of drug-likeness (QED) is 0.781. The van der Waals surface area contributed by atoms with E-state index in [-0.39, 0.29) is 11.8 Å². The molecule has 0 heterocycles. The number of hydrogen-bond acceptors (Lipinski definition) is 2. The predicted molar refractivity (Wildman–Crippen MR) is 72.0 cm³/mol. The van der Waals surface area contributed by atoms with Crippen LogP contribution in [0.2, 0.25) is 0 Å². The van der Waals surface area contributed by atoms with Gasteiger partial charge in [-0.3, -0.25) is 0 Å². The van der Waals surface area contributed by atoms with Gasteiger partial charge in [0, 0.05) is 11.0 Å². The van der Waals surface area contributed by atoms with E-state index in [9.17, 15) is 14.3 Å². The molecule has 2 amide bonds. The van der Waals surface area contributed by atoms with Crippen molar-refractivity contribution in [1.82, 2.24) is 5.32 Å². The van der Waals surface area contributed by atoms with Gasteiger partial charge in [-0.1, -0.05) is 6.92 Å². The SMILES string of the molecule is CCC(O)CCNC(=O)Nc1ccc(F)cc1Br. The zero-order chi connectivity index (χ0) is 13.5. The lowest BCUT2D eigenvalue weighted by molar-refractivity contribution is 0.160. The molecule has 1 unspecified atom stereocenters. The van der Waals surface area contributed by atoms with Crippen LogP contribution in [-0.4, -0.2) is 23.8 Å². The van der Waals surface area contributed by atoms with E-state index in [4.69, 9.17) is 0 Å². The molecule has 0 saturated carbocycles. The minimum atomic E-state index is -0.400. The van der Waals surface area contributed by atoms with Crippen LogP contribution in [0.5, 0.6) is 0 Å². The Labute approximate surface area is 114 Å². The third-order valence-corrected chi connectivity index (χ3v) is 3.07. The van der Waals surface area contributed by atoms with E-state index >= 15 is 0 Å². The highest BCUT2D eigenvalue weighted by atomic mass is 79.9. The molecule has 0 aliphatic carbocycles. The summed E-state index contributed by atoms with van der Waals surface area (Å²) in [5.41, 5.74) is 0.491. The largest absolute Gasteiger partial charge is 0.393 e. The average Bonchev–Trinajstić information content (AvgIpc) is 2.32. The fourth-order valence-corrected chi connectivity index (χ4v) is 1.76. The molecule has 0 saturated heterocycles. The fourth-order valence-electron chi connectivity index (χ4n) is 1.31. The summed E-state index contributed by atoms with van der Waals surface area (Å²) in [6.45, 7) is 2.26. The highest BCUT2D eigenvalue weighted by molar-refractivity contribution is 9.10. The van der Waals surface area contributed by atoms with E-state index in [1.165, 1.54) is 18.2 Å². The first kappa shape index (κ1) is 14.9. The zero-order valence-electron chi connectivity index (χ0n) is 10.0. The van der Waals surface area contributed by atoms with Gasteiger partial charge in [0.2, 0.25) is 0 Å². The van der Waals surface area contributed by atoms with Crippen LogP contribution in [0.1, 0.15) is 19.8 Å². The second kappa shape index (κ2) is 7.33. The van der Waals surface area contributed by atoms with E-state index in [1.54, 1.807) is 0 Å². The Morgan fingerprint density at radius 2 is 2.28 bits per heavy atom. The van der Waals surface area contributed by atoms with Gasteiger partial charge in [-0.05, 0) is 47.0 Å². The summed E-state index contributed by atoms with van der Waals surface area (Å²) >= 11 is 3.16. The lowest BCUT2D eigenvalue weighted by Gasteiger charge is -2.11. The highest BCUT2D eigenvalue weighted by Gasteiger charge is 2.06. The molecule has 0 aliphatic rings. The van der Waals surface area contributed by atoms with Gasteiger partial charge in [-0.2, -0.15) is 0 Å². The molecular weight excluding hydrogens is 303 g/mol. The first-order chi connectivity index (χ1) is 8.52. The third kappa shape index (κ3) is 5.01. The Balaban J connectivity index is 2.40. The lowest BCUT2D eigenvalue weighted by atomic mass is 10.2. The zero-order valence-corrected chi connectivity index (χ0v) is 11.6. The Morgan fingerprint density at radius 3 is 2.89 bits per heavy atom. The summed E-state index contributed by atoms with van der Waals surface area (Å²) in [5.74, 6) is -0.376. The number of carbonyl (C=O) groups excluding carboxylic acids is 1. The Hall–Kier alpha value is -1.14. The molecule has 0 aromatic heterocycles. The Kier molecular flexibility index (Phi) is 6.07. The van der Waals surface area contributed by atoms with Crippen LogP contribution in [0.15, 0.2) is 22.7 Å². The number of halogens is 2. The number of nitrogens with one attached hydrogen (secondary N) is 2. The van der Waals surface area contributed by atoms with Crippen molar-refractivity contribution >= 4 is 27.6 Å². The van der Waals surface area contributed by atoms with Gasteiger partial charge in [-0.25, -0.2) is 9.18 Å². The Morgan fingerprint density at radius 1 is 1.56 bits per heavy atom. The maximum absolute atomic E-state index is 12.8. The molecule has 1 aromatic rings. The average molecular weight is 319 g/mol. The number of carbonyl (C=O) groups is 1. The summed E-state index contributed by atoms with van der Waals surface area (Å²) in [6.07, 6.45) is 0.768. The van der Waals surface area contributed by atoms with Crippen LogP contribution < -0.4 is 10.6 Å². The van der Waals surface area contributed by atoms with Crippen LogP contribution in [0.4, 0.5) is 14.9 Å². The monoisotopic (exact) mass is 318 g/mol. The Bertz CT molecular complexity index is 415. The van der Waals surface area contributed by atoms with E-state index in [2.05, 4.69) is 26.6 Å². The maximum Gasteiger partial charge on any atom is 0.319 e. The topological polar surface area (TPSA) is 61.4 Å². The normalized spacial score (nSPS) is 12.0. The van der Waals surface area contributed by atoms with Crippen molar-refractivity contribution in [3.8, 4) is 0 Å². The smallest absolute Gasteiger partial charge is 0.319 e. The molecule has 18 heavy (non-hydrogen) atoms. The summed E-state index contributed by atoms with van der Waals surface area (Å²) in [6, 6.07) is 3.63. The highest BCUT2D eigenvalue weighted by Crippen LogP contribution is 2.22. The fraction of sp³-hybridized carbons (Fsp3) is 0.417. The van der Waals surface area contributed by atoms with Crippen molar-refractivity contribution in [1.29, 1.82) is 0 Å². The number of hydrogen-bond donors (Lipinski definition) is 3. The second-order valence-corrected chi connectivity index (χ2v) is 4.71. The summed E-state index contributed by atoms with van der Waals surface area (Å²) in [4.78, 5) is 11.5.